The monoisotopic (exact) mass is 289 g/mol. The van der Waals surface area contributed by atoms with Crippen molar-refractivity contribution in [1.82, 2.24) is 4.57 Å². The first-order valence-electron chi connectivity index (χ1n) is 7.36. The highest BCUT2D eigenvalue weighted by Crippen LogP contribution is 2.29. The quantitative estimate of drug-likeness (QED) is 0.878. The second kappa shape index (κ2) is 5.90. The minimum atomic E-state index is -0.385. The number of hydrogen-bond acceptors (Lipinski definition) is 2. The molecule has 0 saturated heterocycles. The predicted octanol–water partition coefficient (Wildman–Crippen LogP) is 3.44. The van der Waals surface area contributed by atoms with Gasteiger partial charge in [0.25, 0.3) is 0 Å². The number of aryl methyl sites for hydroxylation is 1. The molecule has 1 unspecified atom stereocenters. The number of methoxy groups -OCH3 is 1. The molecule has 0 aliphatic heterocycles. The van der Waals surface area contributed by atoms with Gasteiger partial charge in [0.15, 0.2) is 0 Å². The van der Waals surface area contributed by atoms with Gasteiger partial charge in [0.05, 0.1) is 13.2 Å². The Bertz CT molecular complexity index is 636. The van der Waals surface area contributed by atoms with Crippen molar-refractivity contribution in [1.29, 1.82) is 0 Å². The van der Waals surface area contributed by atoms with Crippen LogP contribution in [-0.4, -0.2) is 16.8 Å². The molecule has 3 rings (SSSR count). The molecule has 0 amide bonds. The highest BCUT2D eigenvalue weighted by molar-refractivity contribution is 5.31. The van der Waals surface area contributed by atoms with E-state index in [-0.39, 0.29) is 11.9 Å². The highest BCUT2D eigenvalue weighted by atomic mass is 19.1. The normalized spacial score (nSPS) is 18.1. The molecule has 1 atom stereocenters. The van der Waals surface area contributed by atoms with Crippen molar-refractivity contribution in [2.75, 3.05) is 7.11 Å². The Labute approximate surface area is 124 Å². The Balaban J connectivity index is 1.84. The van der Waals surface area contributed by atoms with E-state index in [9.17, 15) is 9.50 Å². The van der Waals surface area contributed by atoms with E-state index >= 15 is 0 Å². The van der Waals surface area contributed by atoms with Crippen LogP contribution < -0.4 is 4.74 Å². The van der Waals surface area contributed by atoms with Crippen molar-refractivity contribution in [3.63, 3.8) is 0 Å². The summed E-state index contributed by atoms with van der Waals surface area (Å²) >= 11 is 0. The van der Waals surface area contributed by atoms with Crippen molar-refractivity contribution in [2.45, 2.75) is 38.3 Å². The Morgan fingerprint density at radius 1 is 1.33 bits per heavy atom. The molecule has 4 heteroatoms. The summed E-state index contributed by atoms with van der Waals surface area (Å²) in [5.74, 6) is 0.258. The van der Waals surface area contributed by atoms with Crippen LogP contribution in [0.3, 0.4) is 0 Å². The van der Waals surface area contributed by atoms with Crippen LogP contribution in [-0.2, 0) is 13.0 Å². The fourth-order valence-electron chi connectivity index (χ4n) is 2.96. The van der Waals surface area contributed by atoms with E-state index in [0.29, 0.717) is 17.9 Å². The SMILES string of the molecule is COc1ccc(Cn2cc3c(c2)C(O)CCCC3)c(F)c1. The van der Waals surface area contributed by atoms with Crippen LogP contribution in [0.5, 0.6) is 5.75 Å². The molecule has 2 aromatic rings. The fourth-order valence-corrected chi connectivity index (χ4v) is 2.96. The van der Waals surface area contributed by atoms with Crippen molar-refractivity contribution >= 4 is 0 Å². The highest BCUT2D eigenvalue weighted by Gasteiger charge is 2.18. The van der Waals surface area contributed by atoms with Crippen molar-refractivity contribution in [2.24, 2.45) is 0 Å². The first kappa shape index (κ1) is 14.1. The zero-order valence-electron chi connectivity index (χ0n) is 12.2. The number of benzene rings is 1. The zero-order chi connectivity index (χ0) is 14.8. The minimum absolute atomic E-state index is 0.265. The Morgan fingerprint density at radius 2 is 2.19 bits per heavy atom. The van der Waals surface area contributed by atoms with Gasteiger partial charge < -0.3 is 14.4 Å². The molecule has 0 saturated carbocycles. The van der Waals surface area contributed by atoms with Crippen molar-refractivity contribution in [3.05, 3.63) is 53.1 Å². The molecule has 1 aliphatic rings. The van der Waals surface area contributed by atoms with Crippen LogP contribution in [0, 0.1) is 5.82 Å². The van der Waals surface area contributed by atoms with E-state index in [2.05, 4.69) is 0 Å². The minimum Gasteiger partial charge on any atom is -0.497 e. The molecular formula is C17H20FNO2. The maximum absolute atomic E-state index is 14.0. The molecule has 21 heavy (non-hydrogen) atoms. The van der Waals surface area contributed by atoms with Crippen LogP contribution in [0.4, 0.5) is 4.39 Å². The predicted molar refractivity (Wildman–Crippen MR) is 79.0 cm³/mol. The van der Waals surface area contributed by atoms with Crippen LogP contribution in [0.25, 0.3) is 0 Å². The molecule has 1 N–H and O–H groups in total. The van der Waals surface area contributed by atoms with E-state index in [1.807, 2.05) is 17.0 Å². The smallest absolute Gasteiger partial charge is 0.131 e. The molecule has 1 aromatic carbocycles. The van der Waals surface area contributed by atoms with Gasteiger partial charge in [0.2, 0.25) is 0 Å². The lowest BCUT2D eigenvalue weighted by Gasteiger charge is -2.08. The number of ether oxygens (including phenoxy) is 1. The maximum atomic E-state index is 14.0. The van der Waals surface area contributed by atoms with Crippen molar-refractivity contribution in [3.8, 4) is 5.75 Å². The maximum Gasteiger partial charge on any atom is 0.131 e. The third kappa shape index (κ3) is 2.95. The number of nitrogens with zero attached hydrogens (tertiary/aromatic N) is 1. The number of aromatic nitrogens is 1. The molecule has 0 spiro atoms. The fraction of sp³-hybridized carbons (Fsp3) is 0.412. The second-order valence-electron chi connectivity index (χ2n) is 5.63. The van der Waals surface area contributed by atoms with Gasteiger partial charge in [-0.2, -0.15) is 0 Å². The molecule has 3 nitrogen and oxygen atoms in total. The number of halogens is 1. The number of aliphatic hydroxyl groups is 1. The van der Waals surface area contributed by atoms with Gasteiger partial charge in [-0.3, -0.25) is 0 Å². The number of rotatable bonds is 3. The van der Waals surface area contributed by atoms with Crippen molar-refractivity contribution < 1.29 is 14.2 Å². The van der Waals surface area contributed by atoms with Gasteiger partial charge in [-0.25, -0.2) is 4.39 Å². The summed E-state index contributed by atoms with van der Waals surface area (Å²) in [6.45, 7) is 0.468. The summed E-state index contributed by atoms with van der Waals surface area (Å²) < 4.78 is 21.0. The van der Waals surface area contributed by atoms with Gasteiger partial charge in [0.1, 0.15) is 11.6 Å². The number of fused-ring (bicyclic) bond motifs is 1. The molecule has 1 aromatic heterocycles. The van der Waals surface area contributed by atoms with Crippen LogP contribution >= 0.6 is 0 Å². The van der Waals surface area contributed by atoms with E-state index in [1.165, 1.54) is 18.7 Å². The molecule has 112 valence electrons. The second-order valence-corrected chi connectivity index (χ2v) is 5.63. The third-order valence-corrected chi connectivity index (χ3v) is 4.14. The molecule has 0 radical (unpaired) electrons. The van der Waals surface area contributed by atoms with E-state index in [4.69, 9.17) is 4.74 Å². The molecule has 0 fully saturated rings. The van der Waals surface area contributed by atoms with Gasteiger partial charge in [-0.05, 0) is 30.9 Å². The average molecular weight is 289 g/mol. The summed E-state index contributed by atoms with van der Waals surface area (Å²) in [4.78, 5) is 0. The topological polar surface area (TPSA) is 34.4 Å². The van der Waals surface area contributed by atoms with E-state index in [0.717, 1.165) is 31.2 Å². The molecular weight excluding hydrogens is 269 g/mol. The van der Waals surface area contributed by atoms with E-state index in [1.54, 1.807) is 12.1 Å². The number of aliphatic hydroxyl groups excluding tert-OH is 1. The van der Waals surface area contributed by atoms with Crippen LogP contribution in [0.2, 0.25) is 0 Å². The summed E-state index contributed by atoms with van der Waals surface area (Å²) in [6.07, 6.45) is 7.57. The Kier molecular flexibility index (Phi) is 3.97. The van der Waals surface area contributed by atoms with Crippen LogP contribution in [0.15, 0.2) is 30.6 Å². The Hall–Kier alpha value is -1.81. The third-order valence-electron chi connectivity index (χ3n) is 4.14. The van der Waals surface area contributed by atoms with Gasteiger partial charge in [-0.15, -0.1) is 0 Å². The largest absolute Gasteiger partial charge is 0.497 e. The lowest BCUT2D eigenvalue weighted by atomic mass is 10.1. The summed E-state index contributed by atoms with van der Waals surface area (Å²) in [5.41, 5.74) is 2.81. The molecule has 1 heterocycles. The van der Waals surface area contributed by atoms with E-state index < -0.39 is 0 Å². The molecule has 1 aliphatic carbocycles. The zero-order valence-corrected chi connectivity index (χ0v) is 12.2. The first-order valence-corrected chi connectivity index (χ1v) is 7.36. The van der Waals surface area contributed by atoms with Gasteiger partial charge >= 0.3 is 0 Å². The number of hydrogen-bond donors (Lipinski definition) is 1. The average Bonchev–Trinajstić information content (AvgIpc) is 2.81. The first-order chi connectivity index (χ1) is 10.2. The Morgan fingerprint density at radius 3 is 2.95 bits per heavy atom. The van der Waals surface area contributed by atoms with Crippen LogP contribution in [0.1, 0.15) is 42.1 Å². The lowest BCUT2D eigenvalue weighted by molar-refractivity contribution is 0.166. The molecule has 0 bridgehead atoms. The van der Waals surface area contributed by atoms with Gasteiger partial charge in [0, 0.05) is 36.1 Å². The summed E-state index contributed by atoms with van der Waals surface area (Å²) in [5, 5.41) is 10.1. The lowest BCUT2D eigenvalue weighted by Crippen LogP contribution is -2.01. The van der Waals surface area contributed by atoms with Gasteiger partial charge in [-0.1, -0.05) is 12.5 Å². The summed E-state index contributed by atoms with van der Waals surface area (Å²) in [6, 6.07) is 4.91. The standard InChI is InChI=1S/C17H20FNO2/c1-21-14-7-6-13(16(18)8-14)10-19-9-12-4-2-3-5-17(20)15(12)11-19/h6-9,11,17,20H,2-5,10H2,1H3. The summed E-state index contributed by atoms with van der Waals surface area (Å²) in [7, 11) is 1.53.